The second-order valence-corrected chi connectivity index (χ2v) is 6.33. The Bertz CT molecular complexity index is 592. The number of carbonyl (C=O) groups excluding carboxylic acids is 1. The van der Waals surface area contributed by atoms with E-state index in [1.54, 1.807) is 0 Å². The van der Waals surface area contributed by atoms with Gasteiger partial charge in [0.2, 0.25) is 0 Å². The Balaban J connectivity index is 1.98. The highest BCUT2D eigenvalue weighted by atomic mass is 16.5. The van der Waals surface area contributed by atoms with Crippen LogP contribution in [0.15, 0.2) is 60.7 Å². The summed E-state index contributed by atoms with van der Waals surface area (Å²) in [6.45, 7) is 3.29. The Morgan fingerprint density at radius 1 is 0.913 bits per heavy atom. The molecule has 1 saturated heterocycles. The molecule has 0 N–H and O–H groups in total. The summed E-state index contributed by atoms with van der Waals surface area (Å²) in [4.78, 5) is 14.0. The lowest BCUT2D eigenvalue weighted by Crippen LogP contribution is -2.47. The van der Waals surface area contributed by atoms with Crippen LogP contribution in [0.1, 0.15) is 29.9 Å². The van der Waals surface area contributed by atoms with Crippen LogP contribution in [0.2, 0.25) is 0 Å². The predicted octanol–water partition coefficient (Wildman–Crippen LogP) is 3.43. The minimum Gasteiger partial charge on any atom is -0.461 e. The highest BCUT2D eigenvalue weighted by Crippen LogP contribution is 2.37. The smallest absolute Gasteiger partial charge is 0.302 e. The minimum atomic E-state index is -0.207. The van der Waals surface area contributed by atoms with Gasteiger partial charge >= 0.3 is 5.97 Å². The van der Waals surface area contributed by atoms with Crippen LogP contribution in [-0.4, -0.2) is 37.1 Å². The fraction of sp³-hybridized carbons (Fsp3) is 0.350. The first-order chi connectivity index (χ1) is 11.1. The first-order valence-electron chi connectivity index (χ1n) is 8.11. The van der Waals surface area contributed by atoms with Crippen LogP contribution in [0, 0.1) is 0 Å². The summed E-state index contributed by atoms with van der Waals surface area (Å²) in [6, 6.07) is 20.7. The van der Waals surface area contributed by atoms with Crippen molar-refractivity contribution in [2.75, 3.05) is 20.1 Å². The van der Waals surface area contributed by atoms with E-state index < -0.39 is 0 Å². The molecule has 0 bridgehead atoms. The summed E-state index contributed by atoms with van der Waals surface area (Å²) in [6.07, 6.45) is -0.131. The average molecular weight is 309 g/mol. The fourth-order valence-electron chi connectivity index (χ4n) is 3.58. The highest BCUT2D eigenvalue weighted by molar-refractivity contribution is 5.66. The van der Waals surface area contributed by atoms with Crippen molar-refractivity contribution >= 4 is 5.97 Å². The second kappa shape index (κ2) is 6.97. The molecule has 120 valence electrons. The van der Waals surface area contributed by atoms with Gasteiger partial charge in [0.05, 0.1) is 0 Å². The number of hydrogen-bond acceptors (Lipinski definition) is 3. The molecule has 0 saturated carbocycles. The Morgan fingerprint density at radius 3 is 1.74 bits per heavy atom. The first kappa shape index (κ1) is 15.8. The standard InChI is InChI=1S/C20H23NO2/c1-15(22)23-20-18(16-9-5-3-6-10-16)13-21(2)14-19(20)17-11-7-4-8-12-17/h3-12,18-20H,13-14H2,1-2H3/t18-,19-/m1/s1. The molecule has 2 aromatic carbocycles. The molecule has 1 heterocycles. The third-order valence-corrected chi connectivity index (χ3v) is 4.57. The Kier molecular flexibility index (Phi) is 4.77. The minimum absolute atomic E-state index is 0.131. The van der Waals surface area contributed by atoms with Gasteiger partial charge in [-0.1, -0.05) is 60.7 Å². The van der Waals surface area contributed by atoms with E-state index in [9.17, 15) is 4.79 Å². The molecule has 0 aliphatic carbocycles. The van der Waals surface area contributed by atoms with Crippen molar-refractivity contribution in [1.29, 1.82) is 0 Å². The van der Waals surface area contributed by atoms with Gasteiger partial charge in [-0.15, -0.1) is 0 Å². The number of likely N-dealkylation sites (N-methyl/N-ethyl adjacent to an activating group) is 1. The molecule has 0 aromatic heterocycles. The molecule has 0 radical (unpaired) electrons. The number of rotatable bonds is 3. The zero-order chi connectivity index (χ0) is 16.2. The predicted molar refractivity (Wildman–Crippen MR) is 91.4 cm³/mol. The summed E-state index contributed by atoms with van der Waals surface area (Å²) < 4.78 is 5.81. The number of hydrogen-bond donors (Lipinski definition) is 0. The number of ether oxygens (including phenoxy) is 1. The first-order valence-corrected chi connectivity index (χ1v) is 8.11. The van der Waals surface area contributed by atoms with E-state index in [0.29, 0.717) is 0 Å². The van der Waals surface area contributed by atoms with Crippen molar-refractivity contribution < 1.29 is 9.53 Å². The fourth-order valence-corrected chi connectivity index (χ4v) is 3.58. The zero-order valence-corrected chi connectivity index (χ0v) is 13.7. The van der Waals surface area contributed by atoms with Crippen molar-refractivity contribution in [3.05, 3.63) is 71.8 Å². The molecule has 1 aliphatic heterocycles. The molecular weight excluding hydrogens is 286 g/mol. The molecule has 0 unspecified atom stereocenters. The summed E-state index contributed by atoms with van der Waals surface area (Å²) in [5.41, 5.74) is 2.46. The molecule has 3 heteroatoms. The van der Waals surface area contributed by atoms with Crippen LogP contribution in [-0.2, 0) is 9.53 Å². The highest BCUT2D eigenvalue weighted by Gasteiger charge is 2.39. The van der Waals surface area contributed by atoms with Crippen LogP contribution in [0.3, 0.4) is 0 Å². The van der Waals surface area contributed by atoms with Crippen LogP contribution < -0.4 is 0 Å². The third kappa shape index (κ3) is 3.62. The van der Waals surface area contributed by atoms with Crippen LogP contribution in [0.25, 0.3) is 0 Å². The summed E-state index contributed by atoms with van der Waals surface area (Å²) in [5, 5.41) is 0. The topological polar surface area (TPSA) is 29.5 Å². The molecule has 23 heavy (non-hydrogen) atoms. The average Bonchev–Trinajstić information content (AvgIpc) is 2.57. The monoisotopic (exact) mass is 309 g/mol. The van der Waals surface area contributed by atoms with Crippen molar-refractivity contribution in [2.45, 2.75) is 24.9 Å². The van der Waals surface area contributed by atoms with Gasteiger partial charge in [-0.3, -0.25) is 4.79 Å². The lowest BCUT2D eigenvalue weighted by atomic mass is 9.78. The number of carbonyl (C=O) groups is 1. The van der Waals surface area contributed by atoms with E-state index in [1.807, 2.05) is 36.4 Å². The van der Waals surface area contributed by atoms with Gasteiger partial charge in [-0.25, -0.2) is 0 Å². The summed E-state index contributed by atoms with van der Waals surface area (Å²) >= 11 is 0. The maximum absolute atomic E-state index is 11.7. The molecule has 2 atom stereocenters. The lowest BCUT2D eigenvalue weighted by Gasteiger charge is -2.42. The van der Waals surface area contributed by atoms with E-state index in [4.69, 9.17) is 4.74 Å². The molecule has 3 rings (SSSR count). The van der Waals surface area contributed by atoms with E-state index in [-0.39, 0.29) is 23.9 Å². The Hall–Kier alpha value is -2.13. The number of nitrogens with zero attached hydrogens (tertiary/aromatic N) is 1. The van der Waals surface area contributed by atoms with Crippen LogP contribution in [0.5, 0.6) is 0 Å². The van der Waals surface area contributed by atoms with E-state index in [2.05, 4.69) is 36.2 Å². The van der Waals surface area contributed by atoms with Gasteiger partial charge in [0.25, 0.3) is 0 Å². The molecule has 2 aromatic rings. The van der Waals surface area contributed by atoms with E-state index >= 15 is 0 Å². The number of esters is 1. The molecule has 1 aliphatic rings. The van der Waals surface area contributed by atoms with Gasteiger partial charge in [0.1, 0.15) is 6.10 Å². The molecule has 0 amide bonds. The molecule has 0 spiro atoms. The number of benzene rings is 2. The normalized spacial score (nSPS) is 22.7. The molecule has 1 fully saturated rings. The Morgan fingerprint density at radius 2 is 1.35 bits per heavy atom. The lowest BCUT2D eigenvalue weighted by molar-refractivity contribution is -0.151. The molecular formula is C20H23NO2. The van der Waals surface area contributed by atoms with E-state index in [0.717, 1.165) is 13.1 Å². The summed E-state index contributed by atoms with van der Waals surface area (Å²) in [7, 11) is 2.13. The van der Waals surface area contributed by atoms with E-state index in [1.165, 1.54) is 18.1 Å². The Labute approximate surface area is 137 Å². The third-order valence-electron chi connectivity index (χ3n) is 4.57. The number of likely N-dealkylation sites (tertiary alicyclic amines) is 1. The van der Waals surface area contributed by atoms with Gasteiger partial charge in [-0.2, -0.15) is 0 Å². The van der Waals surface area contributed by atoms with Gasteiger partial charge < -0.3 is 9.64 Å². The van der Waals surface area contributed by atoms with Crippen LogP contribution >= 0.6 is 0 Å². The number of piperidine rings is 1. The maximum atomic E-state index is 11.7. The SMILES string of the molecule is CC(=O)OC1[C@@H](c2ccccc2)CN(C)C[C@@H]1c1ccccc1. The zero-order valence-electron chi connectivity index (χ0n) is 13.7. The largest absolute Gasteiger partial charge is 0.461 e. The quantitative estimate of drug-likeness (QED) is 0.814. The van der Waals surface area contributed by atoms with Crippen molar-refractivity contribution in [3.8, 4) is 0 Å². The van der Waals surface area contributed by atoms with Crippen molar-refractivity contribution in [1.82, 2.24) is 4.90 Å². The maximum Gasteiger partial charge on any atom is 0.302 e. The van der Waals surface area contributed by atoms with Crippen LogP contribution in [0.4, 0.5) is 0 Å². The van der Waals surface area contributed by atoms with Gasteiger partial charge in [-0.05, 0) is 18.2 Å². The second-order valence-electron chi connectivity index (χ2n) is 6.33. The van der Waals surface area contributed by atoms with Crippen molar-refractivity contribution in [3.63, 3.8) is 0 Å². The van der Waals surface area contributed by atoms with Gasteiger partial charge in [0.15, 0.2) is 0 Å². The van der Waals surface area contributed by atoms with Crippen molar-refractivity contribution in [2.24, 2.45) is 0 Å². The summed E-state index contributed by atoms with van der Waals surface area (Å²) in [5.74, 6) is 0.162. The molecule has 3 nitrogen and oxygen atoms in total. The van der Waals surface area contributed by atoms with Gasteiger partial charge in [0, 0.05) is 31.8 Å².